The van der Waals surface area contributed by atoms with Crippen LogP contribution in [0.5, 0.6) is 0 Å². The maximum atomic E-state index is 12.8. The van der Waals surface area contributed by atoms with Gasteiger partial charge in [0.1, 0.15) is 5.01 Å². The number of anilines is 2. The van der Waals surface area contributed by atoms with Crippen molar-refractivity contribution in [3.63, 3.8) is 0 Å². The minimum atomic E-state index is -0.536. The van der Waals surface area contributed by atoms with E-state index < -0.39 is 5.41 Å². The Labute approximate surface area is 218 Å². The number of carbonyl (C=O) groups excluding carboxylic acids is 2. The summed E-state index contributed by atoms with van der Waals surface area (Å²) < 4.78 is 0. The molecule has 1 aliphatic rings. The molecule has 0 radical (unpaired) electrons. The molecule has 0 bridgehead atoms. The number of aryl methyl sites for hydroxylation is 2. The minimum absolute atomic E-state index is 0.0659. The Morgan fingerprint density at radius 1 is 0.811 bits per heavy atom. The highest BCUT2D eigenvalue weighted by Gasteiger charge is 2.52. The summed E-state index contributed by atoms with van der Waals surface area (Å²) in [5.41, 5.74) is 1.83. The van der Waals surface area contributed by atoms with Gasteiger partial charge in [0.25, 0.3) is 0 Å². The Kier molecular flexibility index (Phi) is 7.50. The number of nitrogens with one attached hydrogen (secondary N) is 2. The van der Waals surface area contributed by atoms with Gasteiger partial charge in [-0.05, 0) is 68.5 Å². The molecular weight excluding hydrogens is 488 g/mol. The molecule has 1 aliphatic carbocycles. The molecule has 0 aliphatic heterocycles. The molecule has 4 heterocycles. The molecule has 4 aromatic rings. The lowest BCUT2D eigenvalue weighted by molar-refractivity contribution is -0.118. The van der Waals surface area contributed by atoms with Gasteiger partial charge in [0.05, 0.1) is 23.2 Å². The Balaban J connectivity index is 1.03. The van der Waals surface area contributed by atoms with Crippen molar-refractivity contribution in [3.8, 4) is 0 Å². The summed E-state index contributed by atoms with van der Waals surface area (Å²) in [4.78, 5) is 33.5. The van der Waals surface area contributed by atoms with Crippen molar-refractivity contribution in [1.82, 2.24) is 30.4 Å². The van der Waals surface area contributed by atoms with E-state index in [1.807, 2.05) is 36.4 Å². The zero-order chi connectivity index (χ0) is 25.5. The van der Waals surface area contributed by atoms with Crippen molar-refractivity contribution in [2.75, 3.05) is 10.6 Å². The molecule has 1 fully saturated rings. The zero-order valence-corrected chi connectivity index (χ0v) is 20.9. The number of rotatable bonds is 11. The predicted octanol–water partition coefficient (Wildman–Crippen LogP) is 3.54. The lowest BCUT2D eigenvalue weighted by atomic mass is 10.0. The van der Waals surface area contributed by atoms with E-state index in [0.29, 0.717) is 16.6 Å². The first-order chi connectivity index (χ1) is 18.1. The SMILES string of the molecule is O=C(Cc1ccccn1)Nc1ccc(CCCCc2nnc(NC(=O)C3(c4ccccn4)CC3)s2)nn1. The molecule has 2 amide bonds. The third-order valence-electron chi connectivity index (χ3n) is 6.16. The molecular formula is C26H26N8O2S. The van der Waals surface area contributed by atoms with Gasteiger partial charge in [-0.1, -0.05) is 23.5 Å². The average molecular weight is 515 g/mol. The first-order valence-electron chi connectivity index (χ1n) is 12.2. The van der Waals surface area contributed by atoms with E-state index in [-0.39, 0.29) is 18.2 Å². The van der Waals surface area contributed by atoms with E-state index in [4.69, 9.17) is 0 Å². The van der Waals surface area contributed by atoms with Crippen LogP contribution in [-0.4, -0.2) is 42.2 Å². The summed E-state index contributed by atoms with van der Waals surface area (Å²) in [5, 5.41) is 23.8. The van der Waals surface area contributed by atoms with E-state index in [0.717, 1.165) is 54.9 Å². The molecule has 0 atom stereocenters. The molecule has 4 aromatic heterocycles. The first kappa shape index (κ1) is 24.6. The summed E-state index contributed by atoms with van der Waals surface area (Å²) in [7, 11) is 0. The molecule has 0 unspecified atom stereocenters. The van der Waals surface area contributed by atoms with Crippen LogP contribution < -0.4 is 10.6 Å². The number of hydrogen-bond acceptors (Lipinski definition) is 9. The maximum absolute atomic E-state index is 12.8. The Bertz CT molecular complexity index is 1340. The van der Waals surface area contributed by atoms with Crippen LogP contribution in [0.3, 0.4) is 0 Å². The second-order valence-electron chi connectivity index (χ2n) is 8.92. The molecule has 188 valence electrons. The van der Waals surface area contributed by atoms with Gasteiger partial charge in [-0.25, -0.2) is 0 Å². The van der Waals surface area contributed by atoms with Gasteiger partial charge in [0, 0.05) is 24.5 Å². The zero-order valence-electron chi connectivity index (χ0n) is 20.1. The third kappa shape index (κ3) is 6.36. The maximum Gasteiger partial charge on any atom is 0.238 e. The van der Waals surface area contributed by atoms with Crippen LogP contribution in [0.1, 0.15) is 47.8 Å². The van der Waals surface area contributed by atoms with Crippen LogP contribution in [0.2, 0.25) is 0 Å². The molecule has 1 saturated carbocycles. The third-order valence-corrected chi connectivity index (χ3v) is 7.05. The Hall–Kier alpha value is -4.12. The normalized spacial score (nSPS) is 13.6. The van der Waals surface area contributed by atoms with E-state index in [2.05, 4.69) is 41.0 Å². The van der Waals surface area contributed by atoms with Crippen molar-refractivity contribution < 1.29 is 9.59 Å². The summed E-state index contributed by atoms with van der Waals surface area (Å²) in [6.45, 7) is 0. The van der Waals surface area contributed by atoms with Crippen LogP contribution in [0, 0.1) is 0 Å². The number of pyridine rings is 2. The molecule has 10 nitrogen and oxygen atoms in total. The van der Waals surface area contributed by atoms with E-state index >= 15 is 0 Å². The van der Waals surface area contributed by atoms with Gasteiger partial charge in [-0.3, -0.25) is 24.9 Å². The minimum Gasteiger partial charge on any atom is -0.309 e. The van der Waals surface area contributed by atoms with Gasteiger partial charge < -0.3 is 5.32 Å². The molecule has 11 heteroatoms. The number of hydrogen-bond donors (Lipinski definition) is 2. The second kappa shape index (κ2) is 11.3. The summed E-state index contributed by atoms with van der Waals surface area (Å²) >= 11 is 1.41. The second-order valence-corrected chi connectivity index (χ2v) is 9.98. The van der Waals surface area contributed by atoms with Crippen LogP contribution in [0.15, 0.2) is 60.9 Å². The molecule has 37 heavy (non-hydrogen) atoms. The van der Waals surface area contributed by atoms with Gasteiger partial charge in [0.15, 0.2) is 5.82 Å². The Morgan fingerprint density at radius 2 is 1.62 bits per heavy atom. The average Bonchev–Trinajstić information content (AvgIpc) is 3.63. The first-order valence-corrected chi connectivity index (χ1v) is 13.0. The van der Waals surface area contributed by atoms with E-state index in [9.17, 15) is 9.59 Å². The van der Waals surface area contributed by atoms with Gasteiger partial charge >= 0.3 is 0 Å². The quantitative estimate of drug-likeness (QED) is 0.290. The van der Waals surface area contributed by atoms with Gasteiger partial charge in [-0.15, -0.1) is 15.3 Å². The van der Waals surface area contributed by atoms with Crippen molar-refractivity contribution in [2.45, 2.75) is 50.4 Å². The number of amides is 2. The van der Waals surface area contributed by atoms with Crippen LogP contribution in [-0.2, 0) is 34.3 Å². The number of nitrogens with zero attached hydrogens (tertiary/aromatic N) is 6. The van der Waals surface area contributed by atoms with Crippen LogP contribution in [0.25, 0.3) is 0 Å². The summed E-state index contributed by atoms with van der Waals surface area (Å²) in [5.74, 6) is 0.172. The molecule has 0 spiro atoms. The molecule has 0 saturated heterocycles. The molecule has 0 aromatic carbocycles. The highest BCUT2D eigenvalue weighted by atomic mass is 32.1. The summed E-state index contributed by atoms with van der Waals surface area (Å²) in [6.07, 6.45) is 8.51. The topological polar surface area (TPSA) is 136 Å². The smallest absolute Gasteiger partial charge is 0.238 e. The Morgan fingerprint density at radius 3 is 2.32 bits per heavy atom. The predicted molar refractivity (Wildman–Crippen MR) is 139 cm³/mol. The van der Waals surface area contributed by atoms with Crippen molar-refractivity contribution >= 4 is 34.1 Å². The fourth-order valence-electron chi connectivity index (χ4n) is 3.99. The van der Waals surface area contributed by atoms with Crippen LogP contribution >= 0.6 is 11.3 Å². The van der Waals surface area contributed by atoms with Crippen molar-refractivity contribution in [2.24, 2.45) is 0 Å². The van der Waals surface area contributed by atoms with Crippen molar-refractivity contribution in [3.05, 3.63) is 83.0 Å². The summed E-state index contributed by atoms with van der Waals surface area (Å²) in [6, 6.07) is 14.7. The monoisotopic (exact) mass is 514 g/mol. The number of carbonyl (C=O) groups is 2. The largest absolute Gasteiger partial charge is 0.309 e. The van der Waals surface area contributed by atoms with E-state index in [1.165, 1.54) is 11.3 Å². The fraction of sp³-hybridized carbons (Fsp3) is 0.308. The highest BCUT2D eigenvalue weighted by molar-refractivity contribution is 7.15. The van der Waals surface area contributed by atoms with Gasteiger partial charge in [0.2, 0.25) is 16.9 Å². The van der Waals surface area contributed by atoms with Gasteiger partial charge in [-0.2, -0.15) is 5.10 Å². The van der Waals surface area contributed by atoms with E-state index in [1.54, 1.807) is 24.5 Å². The molecule has 5 rings (SSSR count). The highest BCUT2D eigenvalue weighted by Crippen LogP contribution is 2.48. The fourth-order valence-corrected chi connectivity index (χ4v) is 4.77. The lowest BCUT2D eigenvalue weighted by Gasteiger charge is -2.12. The van der Waals surface area contributed by atoms with Crippen LogP contribution in [0.4, 0.5) is 10.9 Å². The standard InChI is InChI=1S/C26H26N8O2S/c35-22(17-19-8-3-5-15-27-19)29-21-12-11-18(31-32-21)7-1-2-10-23-33-34-25(37-23)30-24(36)26(13-14-26)20-9-4-6-16-28-20/h3-6,8-9,11-12,15-16H,1-2,7,10,13-14,17H2,(H,29,32,35)(H,30,34,36). The van der Waals surface area contributed by atoms with Crippen molar-refractivity contribution in [1.29, 1.82) is 0 Å². The number of unbranched alkanes of at least 4 members (excludes halogenated alkanes) is 1. The molecule has 2 N–H and O–H groups in total. The number of aromatic nitrogens is 6. The lowest BCUT2D eigenvalue weighted by Crippen LogP contribution is -2.28.